The van der Waals surface area contributed by atoms with Crippen molar-refractivity contribution >= 4 is 34.4 Å². The van der Waals surface area contributed by atoms with Crippen LogP contribution in [0.25, 0.3) is 10.8 Å². The van der Waals surface area contributed by atoms with E-state index in [9.17, 15) is 19.2 Å². The van der Waals surface area contributed by atoms with Crippen LogP contribution in [0.5, 0.6) is 0 Å². The second-order valence-corrected chi connectivity index (χ2v) is 6.15. The molecule has 28 heavy (non-hydrogen) atoms. The Balaban J connectivity index is 1.51. The van der Waals surface area contributed by atoms with E-state index >= 15 is 0 Å². The Morgan fingerprint density at radius 3 is 2.21 bits per heavy atom. The van der Waals surface area contributed by atoms with Gasteiger partial charge in [-0.05, 0) is 17.5 Å². The van der Waals surface area contributed by atoms with Crippen molar-refractivity contribution in [2.45, 2.75) is 6.42 Å². The summed E-state index contributed by atoms with van der Waals surface area (Å²) in [6, 6.07) is 10.7. The van der Waals surface area contributed by atoms with E-state index in [0.29, 0.717) is 16.5 Å². The number of imide groups is 1. The van der Waals surface area contributed by atoms with Crippen molar-refractivity contribution in [2.24, 2.45) is 0 Å². The molecule has 9 heteroatoms. The van der Waals surface area contributed by atoms with Gasteiger partial charge in [0.2, 0.25) is 5.91 Å². The monoisotopic (exact) mass is 385 g/mol. The third-order valence-corrected chi connectivity index (χ3v) is 4.33. The second kappa shape index (κ2) is 8.59. The van der Waals surface area contributed by atoms with Crippen LogP contribution in [-0.4, -0.2) is 60.0 Å². The molecule has 0 bridgehead atoms. The molecule has 0 radical (unpaired) electrons. The van der Waals surface area contributed by atoms with Gasteiger partial charge in [0.1, 0.15) is 6.42 Å². The van der Waals surface area contributed by atoms with E-state index in [1.807, 2.05) is 12.1 Å². The molecule has 9 nitrogen and oxygen atoms in total. The average Bonchev–Trinajstić information content (AvgIpc) is 2.70. The topological polar surface area (TPSA) is 125 Å². The summed E-state index contributed by atoms with van der Waals surface area (Å²) in [5, 5.41) is 12.3. The van der Waals surface area contributed by atoms with Crippen molar-refractivity contribution in [3.63, 3.8) is 0 Å². The van der Waals surface area contributed by atoms with Gasteiger partial charge in [-0.15, -0.1) is 0 Å². The van der Waals surface area contributed by atoms with Gasteiger partial charge in [0.15, 0.2) is 0 Å². The normalized spacial score (nSPS) is 13.0. The van der Waals surface area contributed by atoms with Crippen molar-refractivity contribution in [1.82, 2.24) is 15.7 Å². The van der Waals surface area contributed by atoms with Gasteiger partial charge in [-0.3, -0.25) is 29.3 Å². The summed E-state index contributed by atoms with van der Waals surface area (Å²) in [7, 11) is 0. The highest BCUT2D eigenvalue weighted by Crippen LogP contribution is 2.29. The van der Waals surface area contributed by atoms with E-state index in [2.05, 4.69) is 5.32 Å². The first kappa shape index (κ1) is 19.5. The number of hydrogen-bond donors (Lipinski definition) is 3. The summed E-state index contributed by atoms with van der Waals surface area (Å²) >= 11 is 0. The predicted molar refractivity (Wildman–Crippen MR) is 97.7 cm³/mol. The molecule has 0 aromatic heterocycles. The smallest absolute Gasteiger partial charge is 0.261 e. The summed E-state index contributed by atoms with van der Waals surface area (Å²) < 4.78 is 5.37. The first-order valence-corrected chi connectivity index (χ1v) is 8.68. The maximum absolute atomic E-state index is 12.7. The third-order valence-electron chi connectivity index (χ3n) is 4.33. The first-order chi connectivity index (χ1) is 13.5. The fraction of sp³-hybridized carbons (Fsp3) is 0.263. The van der Waals surface area contributed by atoms with Gasteiger partial charge >= 0.3 is 0 Å². The molecule has 146 valence electrons. The molecule has 2 aromatic rings. The lowest BCUT2D eigenvalue weighted by Crippen LogP contribution is -2.42. The SMILES string of the molecule is O=C(CC(=O)NCCOCCN1C(=O)c2cccc3cccc(c23)C1=O)NO. The first-order valence-electron chi connectivity index (χ1n) is 8.68. The number of rotatable bonds is 8. The van der Waals surface area contributed by atoms with Gasteiger partial charge in [0.25, 0.3) is 17.7 Å². The molecule has 0 saturated heterocycles. The lowest BCUT2D eigenvalue weighted by atomic mass is 9.94. The number of carbonyl (C=O) groups excluding carboxylic acids is 4. The van der Waals surface area contributed by atoms with Crippen LogP contribution in [0.1, 0.15) is 27.1 Å². The average molecular weight is 385 g/mol. The fourth-order valence-corrected chi connectivity index (χ4v) is 3.05. The van der Waals surface area contributed by atoms with Crippen LogP contribution in [0.3, 0.4) is 0 Å². The minimum atomic E-state index is -0.809. The maximum Gasteiger partial charge on any atom is 0.261 e. The van der Waals surface area contributed by atoms with Gasteiger partial charge in [-0.25, -0.2) is 5.48 Å². The van der Waals surface area contributed by atoms with Crippen LogP contribution in [0.4, 0.5) is 0 Å². The number of ether oxygens (including phenoxy) is 1. The Hall–Kier alpha value is -3.30. The molecule has 0 unspecified atom stereocenters. The number of nitrogens with zero attached hydrogens (tertiary/aromatic N) is 1. The molecule has 1 heterocycles. The summed E-state index contributed by atoms with van der Waals surface area (Å²) in [4.78, 5) is 48.7. The molecule has 0 atom stereocenters. The minimum Gasteiger partial charge on any atom is -0.378 e. The lowest BCUT2D eigenvalue weighted by molar-refractivity contribution is -0.134. The van der Waals surface area contributed by atoms with Crippen LogP contribution in [0.15, 0.2) is 36.4 Å². The van der Waals surface area contributed by atoms with Crippen LogP contribution >= 0.6 is 0 Å². The van der Waals surface area contributed by atoms with Gasteiger partial charge in [0.05, 0.1) is 19.8 Å². The number of carbonyl (C=O) groups is 4. The van der Waals surface area contributed by atoms with E-state index in [-0.39, 0.29) is 38.1 Å². The van der Waals surface area contributed by atoms with E-state index in [1.165, 1.54) is 5.48 Å². The van der Waals surface area contributed by atoms with Crippen LogP contribution < -0.4 is 10.8 Å². The molecule has 3 N–H and O–H groups in total. The van der Waals surface area contributed by atoms with Crippen LogP contribution in [0, 0.1) is 0 Å². The van der Waals surface area contributed by atoms with E-state index < -0.39 is 18.2 Å². The Labute approximate surface area is 160 Å². The predicted octanol–water partition coefficient (Wildman–Crippen LogP) is 0.464. The number of amides is 4. The Bertz CT molecular complexity index is 892. The van der Waals surface area contributed by atoms with Gasteiger partial charge < -0.3 is 10.1 Å². The van der Waals surface area contributed by atoms with Gasteiger partial charge in [-0.2, -0.15) is 0 Å². The lowest BCUT2D eigenvalue weighted by Gasteiger charge is -2.27. The van der Waals surface area contributed by atoms with Crippen molar-refractivity contribution < 1.29 is 29.1 Å². The second-order valence-electron chi connectivity index (χ2n) is 6.15. The molecule has 2 aromatic carbocycles. The quantitative estimate of drug-likeness (QED) is 0.199. The Morgan fingerprint density at radius 2 is 1.61 bits per heavy atom. The van der Waals surface area contributed by atoms with Crippen molar-refractivity contribution in [1.29, 1.82) is 0 Å². The molecule has 4 amide bonds. The number of hydrogen-bond acceptors (Lipinski definition) is 6. The minimum absolute atomic E-state index is 0.0866. The van der Waals surface area contributed by atoms with Gasteiger partial charge in [0, 0.05) is 23.1 Å². The summed E-state index contributed by atoms with van der Waals surface area (Å²) in [6.07, 6.45) is -0.488. The largest absolute Gasteiger partial charge is 0.378 e. The highest BCUT2D eigenvalue weighted by molar-refractivity contribution is 6.25. The fourth-order valence-electron chi connectivity index (χ4n) is 3.05. The number of benzene rings is 2. The van der Waals surface area contributed by atoms with E-state index in [1.54, 1.807) is 24.3 Å². The summed E-state index contributed by atoms with van der Waals surface area (Å²) in [6.45, 7) is 0.502. The van der Waals surface area contributed by atoms with E-state index in [4.69, 9.17) is 9.94 Å². The van der Waals surface area contributed by atoms with E-state index in [0.717, 1.165) is 10.3 Å². The number of nitrogens with one attached hydrogen (secondary N) is 2. The van der Waals surface area contributed by atoms with Crippen molar-refractivity contribution in [3.8, 4) is 0 Å². The molecule has 0 fully saturated rings. The molecule has 0 saturated carbocycles. The maximum atomic E-state index is 12.7. The summed E-state index contributed by atoms with van der Waals surface area (Å²) in [5.41, 5.74) is 2.34. The molecule has 0 spiro atoms. The standard InChI is InChI=1S/C19H19N3O6/c23-15(11-16(24)21-27)20-7-9-28-10-8-22-18(25)13-5-1-3-12-4-2-6-14(17(12)13)19(22)26/h1-6,27H,7-11H2,(H,20,23)(H,21,24). The third kappa shape index (κ3) is 4.00. The molecule has 1 aliphatic heterocycles. The van der Waals surface area contributed by atoms with Gasteiger partial charge in [-0.1, -0.05) is 24.3 Å². The zero-order chi connectivity index (χ0) is 20.1. The molecular weight excluding hydrogens is 366 g/mol. The van der Waals surface area contributed by atoms with Crippen LogP contribution in [-0.2, 0) is 14.3 Å². The molecule has 1 aliphatic rings. The number of hydroxylamine groups is 1. The Kier molecular flexibility index (Phi) is 5.97. The molecule has 0 aliphatic carbocycles. The highest BCUT2D eigenvalue weighted by Gasteiger charge is 2.32. The zero-order valence-electron chi connectivity index (χ0n) is 14.9. The molecular formula is C19H19N3O6. The molecule has 3 rings (SSSR count). The van der Waals surface area contributed by atoms with Crippen molar-refractivity contribution in [3.05, 3.63) is 47.5 Å². The summed E-state index contributed by atoms with van der Waals surface area (Å²) in [5.74, 6) is -2.08. The zero-order valence-corrected chi connectivity index (χ0v) is 14.9. The van der Waals surface area contributed by atoms with Crippen LogP contribution in [0.2, 0.25) is 0 Å². The highest BCUT2D eigenvalue weighted by atomic mass is 16.5. The Morgan fingerprint density at radius 1 is 0.964 bits per heavy atom. The van der Waals surface area contributed by atoms with Crippen molar-refractivity contribution in [2.75, 3.05) is 26.3 Å².